The molecule has 4 rings (SSSR count). The number of nitrogens with zero attached hydrogens (tertiary/aromatic N) is 1. The second-order valence-corrected chi connectivity index (χ2v) is 7.32. The summed E-state index contributed by atoms with van der Waals surface area (Å²) in [4.78, 5) is 2.47. The van der Waals surface area contributed by atoms with E-state index in [1.807, 2.05) is 0 Å². The van der Waals surface area contributed by atoms with Crippen LogP contribution in [-0.4, -0.2) is 25.3 Å². The van der Waals surface area contributed by atoms with Crippen molar-refractivity contribution in [1.82, 2.24) is 0 Å². The Morgan fingerprint density at radius 3 is 2.70 bits per heavy atom. The molecule has 23 heavy (non-hydrogen) atoms. The van der Waals surface area contributed by atoms with Gasteiger partial charge >= 0.3 is 0 Å². The van der Waals surface area contributed by atoms with E-state index in [1.165, 1.54) is 16.8 Å². The van der Waals surface area contributed by atoms with Crippen LogP contribution in [0.25, 0.3) is 0 Å². The molecule has 1 aliphatic carbocycles. The summed E-state index contributed by atoms with van der Waals surface area (Å²) in [5, 5.41) is 0. The van der Waals surface area contributed by atoms with Crippen LogP contribution in [0.5, 0.6) is 5.75 Å². The van der Waals surface area contributed by atoms with Crippen LogP contribution < -0.4 is 9.64 Å². The smallest absolute Gasteiger partial charge is 0.145 e. The summed E-state index contributed by atoms with van der Waals surface area (Å²) >= 11 is 0. The Labute approximate surface area is 138 Å². The molecule has 0 bridgehead atoms. The quantitative estimate of drug-likeness (QED) is 0.815. The molecule has 2 unspecified atom stereocenters. The van der Waals surface area contributed by atoms with Gasteiger partial charge in [0.2, 0.25) is 0 Å². The molecule has 3 heteroatoms. The van der Waals surface area contributed by atoms with E-state index in [9.17, 15) is 0 Å². The number of hydrogen-bond acceptors (Lipinski definition) is 3. The number of ether oxygens (including phenoxy) is 2. The van der Waals surface area contributed by atoms with Crippen LogP contribution in [0.2, 0.25) is 0 Å². The first-order chi connectivity index (χ1) is 11.0. The summed E-state index contributed by atoms with van der Waals surface area (Å²) in [7, 11) is 0. The van der Waals surface area contributed by atoms with Crippen molar-refractivity contribution in [2.24, 2.45) is 5.92 Å². The van der Waals surface area contributed by atoms with E-state index in [2.05, 4.69) is 62.9 Å². The molecule has 2 atom stereocenters. The third-order valence-corrected chi connectivity index (χ3v) is 5.09. The van der Waals surface area contributed by atoms with Crippen molar-refractivity contribution in [3.63, 3.8) is 0 Å². The van der Waals surface area contributed by atoms with E-state index in [0.717, 1.165) is 24.7 Å². The Balaban J connectivity index is 1.79. The number of benzene rings is 1. The third kappa shape index (κ3) is 2.34. The van der Waals surface area contributed by atoms with Gasteiger partial charge in [0, 0.05) is 0 Å². The number of allylic oxidation sites excluding steroid dienone is 2. The van der Waals surface area contributed by atoms with E-state index in [1.54, 1.807) is 0 Å². The largest absolute Gasteiger partial charge is 0.494 e. The van der Waals surface area contributed by atoms with Crippen LogP contribution in [-0.2, 0) is 4.74 Å². The molecule has 2 aliphatic heterocycles. The third-order valence-electron chi connectivity index (χ3n) is 5.09. The van der Waals surface area contributed by atoms with E-state index < -0.39 is 0 Å². The molecule has 0 aromatic heterocycles. The average Bonchev–Trinajstić information content (AvgIpc) is 2.54. The zero-order valence-electron chi connectivity index (χ0n) is 14.4. The number of hydrogen-bond donors (Lipinski definition) is 0. The first-order valence-corrected chi connectivity index (χ1v) is 8.68. The summed E-state index contributed by atoms with van der Waals surface area (Å²) in [5.41, 5.74) is 3.88. The van der Waals surface area contributed by atoms with Crippen molar-refractivity contribution in [2.45, 2.75) is 45.8 Å². The summed E-state index contributed by atoms with van der Waals surface area (Å²) in [5.74, 6) is 3.06. The second kappa shape index (κ2) is 5.33. The normalized spacial score (nSPS) is 25.2. The van der Waals surface area contributed by atoms with Crippen molar-refractivity contribution in [1.29, 1.82) is 0 Å². The predicted molar refractivity (Wildman–Crippen MR) is 93.0 cm³/mol. The first-order valence-electron chi connectivity index (χ1n) is 8.68. The van der Waals surface area contributed by atoms with Gasteiger partial charge in [-0.05, 0) is 47.3 Å². The van der Waals surface area contributed by atoms with Gasteiger partial charge in [-0.25, -0.2) is 0 Å². The van der Waals surface area contributed by atoms with Crippen molar-refractivity contribution < 1.29 is 9.47 Å². The molecule has 0 amide bonds. The van der Waals surface area contributed by atoms with Gasteiger partial charge in [-0.3, -0.25) is 0 Å². The Hall–Kier alpha value is -1.90. The van der Waals surface area contributed by atoms with E-state index >= 15 is 0 Å². The maximum Gasteiger partial charge on any atom is 0.145 e. The predicted octanol–water partition coefficient (Wildman–Crippen LogP) is 4.26. The number of rotatable bonds is 2. The zero-order chi connectivity index (χ0) is 16.1. The molecule has 2 heterocycles. The maximum absolute atomic E-state index is 6.35. The Bertz CT molecular complexity index is 687. The van der Waals surface area contributed by atoms with Crippen LogP contribution in [0.4, 0.5) is 5.69 Å². The van der Waals surface area contributed by atoms with Crippen LogP contribution in [0.3, 0.4) is 0 Å². The average molecular weight is 311 g/mol. The van der Waals surface area contributed by atoms with E-state index in [4.69, 9.17) is 9.47 Å². The minimum Gasteiger partial charge on any atom is -0.494 e. The van der Waals surface area contributed by atoms with Gasteiger partial charge in [0.05, 0.1) is 12.2 Å². The molecule has 1 aromatic rings. The maximum atomic E-state index is 6.35. The van der Waals surface area contributed by atoms with Gasteiger partial charge in [0.15, 0.2) is 0 Å². The van der Waals surface area contributed by atoms with Gasteiger partial charge in [-0.15, -0.1) is 0 Å². The molecule has 3 aliphatic rings. The summed E-state index contributed by atoms with van der Waals surface area (Å²) < 4.78 is 12.3. The lowest BCUT2D eigenvalue weighted by molar-refractivity contribution is 0.105. The highest BCUT2D eigenvalue weighted by atomic mass is 16.5. The molecule has 122 valence electrons. The molecule has 3 nitrogen and oxygen atoms in total. The number of anilines is 1. The molecule has 1 fully saturated rings. The van der Waals surface area contributed by atoms with Crippen molar-refractivity contribution in [2.75, 3.05) is 18.1 Å². The molecule has 1 saturated heterocycles. The van der Waals surface area contributed by atoms with Crippen LogP contribution in [0.1, 0.15) is 39.2 Å². The molecular weight excluding hydrogens is 286 g/mol. The highest BCUT2D eigenvalue weighted by Gasteiger charge is 2.42. The second-order valence-electron chi connectivity index (χ2n) is 7.32. The van der Waals surface area contributed by atoms with Gasteiger partial charge in [0.25, 0.3) is 0 Å². The molecular formula is C20H25NO2. The van der Waals surface area contributed by atoms with E-state index in [-0.39, 0.29) is 12.1 Å². The lowest BCUT2D eigenvalue weighted by Gasteiger charge is -2.47. The van der Waals surface area contributed by atoms with Crippen molar-refractivity contribution in [3.8, 4) is 5.75 Å². The van der Waals surface area contributed by atoms with E-state index in [0.29, 0.717) is 11.8 Å². The lowest BCUT2D eigenvalue weighted by Crippen LogP contribution is -2.55. The van der Waals surface area contributed by atoms with Gasteiger partial charge < -0.3 is 14.4 Å². The van der Waals surface area contributed by atoms with Gasteiger partial charge in [-0.2, -0.15) is 0 Å². The minimum atomic E-state index is 0.0464. The molecule has 0 saturated carbocycles. The standard InChI is InChI=1S/C20H25NO2/c1-12(2)14-5-6-17-16(9-14)21-7-8-22-18-10-15(13(3)4)11-19(23-17)20(18)21/h5-6,9-13,19-20H,7-8H2,1-4H3. The monoisotopic (exact) mass is 311 g/mol. The van der Waals surface area contributed by atoms with Crippen LogP contribution in [0.15, 0.2) is 41.7 Å². The van der Waals surface area contributed by atoms with Gasteiger partial charge in [-0.1, -0.05) is 33.8 Å². The Morgan fingerprint density at radius 1 is 1.13 bits per heavy atom. The highest BCUT2D eigenvalue weighted by Crippen LogP contribution is 2.44. The van der Waals surface area contributed by atoms with Crippen molar-refractivity contribution >= 4 is 5.69 Å². The summed E-state index contributed by atoms with van der Waals surface area (Å²) in [6, 6.07) is 6.80. The summed E-state index contributed by atoms with van der Waals surface area (Å²) in [6.45, 7) is 10.6. The topological polar surface area (TPSA) is 21.7 Å². The molecule has 0 radical (unpaired) electrons. The van der Waals surface area contributed by atoms with Crippen LogP contribution >= 0.6 is 0 Å². The molecule has 1 aromatic carbocycles. The fraction of sp³-hybridized carbons (Fsp3) is 0.500. The number of fused-ring (bicyclic) bond motifs is 2. The zero-order valence-corrected chi connectivity index (χ0v) is 14.4. The molecule has 0 spiro atoms. The fourth-order valence-corrected chi connectivity index (χ4v) is 3.69. The Morgan fingerprint density at radius 2 is 1.96 bits per heavy atom. The summed E-state index contributed by atoms with van der Waals surface area (Å²) in [6.07, 6.45) is 4.54. The SMILES string of the molecule is CC(C)C1=CC2Oc3ccc(C(C)C)cc3N3CCOC(=C1)C23. The Kier molecular flexibility index (Phi) is 3.40. The first kappa shape index (κ1) is 14.7. The van der Waals surface area contributed by atoms with Crippen molar-refractivity contribution in [3.05, 3.63) is 47.2 Å². The highest BCUT2D eigenvalue weighted by molar-refractivity contribution is 5.65. The molecule has 0 N–H and O–H groups in total. The fourth-order valence-electron chi connectivity index (χ4n) is 3.69. The van der Waals surface area contributed by atoms with Gasteiger partial charge in [0.1, 0.15) is 30.3 Å². The lowest BCUT2D eigenvalue weighted by atomic mass is 9.88. The number of morpholine rings is 1. The minimum absolute atomic E-state index is 0.0464. The van der Waals surface area contributed by atoms with Crippen LogP contribution in [0, 0.1) is 5.92 Å².